The molecule has 0 amide bonds. The van der Waals surface area contributed by atoms with Crippen LogP contribution >= 0.6 is 11.6 Å². The van der Waals surface area contributed by atoms with Crippen LogP contribution in [-0.4, -0.2) is 143 Å². The van der Waals surface area contributed by atoms with E-state index in [9.17, 15) is 0 Å². The fraction of sp³-hybridized carbons (Fsp3) is 0. The van der Waals surface area contributed by atoms with Gasteiger partial charge < -0.3 is 0 Å². The fourth-order valence-corrected chi connectivity index (χ4v) is 6.02. The Labute approximate surface area is 312 Å². The predicted octanol–water partition coefficient (Wildman–Crippen LogP) is 0.339. The number of nitrogens with zero attached hydrogens (tertiary/aromatic N) is 3. The Hall–Kier alpha value is -2.65. The summed E-state index contributed by atoms with van der Waals surface area (Å²) in [5.41, 5.74) is 6.23. The Bertz CT molecular complexity index is 1660. The van der Waals surface area contributed by atoms with E-state index >= 15 is 0 Å². The van der Waals surface area contributed by atoms with Crippen molar-refractivity contribution in [3.05, 3.63) is 114 Å². The molecule has 0 fully saturated rings. The Morgan fingerprint density at radius 1 is 0.347 bits per heavy atom. The van der Waals surface area contributed by atoms with Gasteiger partial charge in [-0.3, -0.25) is 0 Å². The summed E-state index contributed by atoms with van der Waals surface area (Å²) in [5, 5.41) is 0.176. The molecule has 4 aromatic carbocycles. The molecule has 3 nitrogen and oxygen atoms in total. The van der Waals surface area contributed by atoms with Crippen LogP contribution in [0.4, 0.5) is 0 Å². The highest BCUT2D eigenvalue weighted by Gasteiger charge is 2.42. The van der Waals surface area contributed by atoms with E-state index < -0.39 is 51.1 Å². The molecule has 49 heavy (non-hydrogen) atoms. The summed E-state index contributed by atoms with van der Waals surface area (Å²) in [6, 6.07) is 36.8. The Morgan fingerprint density at radius 2 is 0.653 bits per heavy atom. The summed E-state index contributed by atoms with van der Waals surface area (Å²) in [6.07, 6.45) is -6.04. The lowest BCUT2D eigenvalue weighted by Gasteiger charge is -2.40. The molecule has 5 rings (SSSR count). The number of benzene rings is 4. The van der Waals surface area contributed by atoms with Crippen LogP contribution in [0, 0.1) is 0 Å². The van der Waals surface area contributed by atoms with Gasteiger partial charge in [-0.25, -0.2) is 4.98 Å². The zero-order valence-corrected chi connectivity index (χ0v) is 27.8. The van der Waals surface area contributed by atoms with Gasteiger partial charge in [0, 0.05) is 140 Å². The molecule has 0 aliphatic rings. The van der Waals surface area contributed by atoms with Gasteiger partial charge in [-0.1, -0.05) is 91.0 Å². The molecule has 1 aromatic heterocycles. The molecule has 0 bridgehead atoms. The summed E-state index contributed by atoms with van der Waals surface area (Å²) in [4.78, 5) is 13.5. The third kappa shape index (κ3) is 10.7. The quantitative estimate of drug-likeness (QED) is 0.202. The zero-order valence-electron chi connectivity index (χ0n) is 27.0. The average Bonchev–Trinajstić information content (AvgIpc) is 3.08. The van der Waals surface area contributed by atoms with Crippen molar-refractivity contribution >= 4 is 140 Å². The summed E-state index contributed by atoms with van der Waals surface area (Å²) in [5.74, 6) is 1.11. The maximum absolute atomic E-state index is 6.30. The van der Waals surface area contributed by atoms with Crippen molar-refractivity contribution in [2.75, 3.05) is 0 Å². The molecule has 0 aliphatic carbocycles. The molecule has 20 radical (unpaired) electrons. The molecule has 0 atom stereocenters. The van der Waals surface area contributed by atoms with E-state index in [4.69, 9.17) is 94.0 Å². The van der Waals surface area contributed by atoms with Crippen molar-refractivity contribution in [3.8, 4) is 45.0 Å². The molecular weight excluding hydrogens is 596 g/mol. The standard InChI is InChI=1S/C27H18ClN3.B18/c28-27-30-25(21-14-8-3-9-15-21)29-26(31-27)24-17-22(19-10-4-1-5-11-19)16-23(18-24)20-12-6-2-7-13-20;1-11(2)16(12(3)4)18(15(9)10)17(13(5)6)14(7)8/h1-18H;. The Kier molecular flexibility index (Phi) is 14.8. The third-order valence-electron chi connectivity index (χ3n) is 8.16. The first-order valence-electron chi connectivity index (χ1n) is 15.7. The van der Waals surface area contributed by atoms with Gasteiger partial charge in [-0.05, 0) is 52.1 Å². The molecular formula is C27H18B18ClN3. The zero-order chi connectivity index (χ0) is 35.7. The van der Waals surface area contributed by atoms with E-state index in [0.717, 1.165) is 33.4 Å². The normalized spacial score (nSPS) is 10.1. The van der Waals surface area contributed by atoms with Crippen molar-refractivity contribution < 1.29 is 0 Å². The highest BCUT2D eigenvalue weighted by molar-refractivity contribution is 8.17. The molecule has 5 aromatic rings. The van der Waals surface area contributed by atoms with Crippen molar-refractivity contribution in [2.45, 2.75) is 0 Å². The highest BCUT2D eigenvalue weighted by atomic mass is 35.5. The number of rotatable bonds is 11. The SMILES string of the molecule is Clc1nc(-c2ccccc2)nc(-c2cc(-c3ccccc3)cc(-c3ccccc3)c2)n1.[B]B([B])B(B([B])[B])B(B([B])[B])B(B([B])[B])B([B])[B]. The van der Waals surface area contributed by atoms with Crippen LogP contribution in [0.15, 0.2) is 109 Å². The van der Waals surface area contributed by atoms with Crippen LogP contribution in [0.3, 0.4) is 0 Å². The second-order valence-corrected chi connectivity index (χ2v) is 12.1. The van der Waals surface area contributed by atoms with Crippen LogP contribution < -0.4 is 0 Å². The van der Waals surface area contributed by atoms with Gasteiger partial charge in [0.25, 0.3) is 0 Å². The van der Waals surface area contributed by atoms with Gasteiger partial charge in [0.15, 0.2) is 11.6 Å². The summed E-state index contributed by atoms with van der Waals surface area (Å²) in [7, 11) is 56.7. The summed E-state index contributed by atoms with van der Waals surface area (Å²) < 4.78 is 0. The second kappa shape index (κ2) is 18.5. The average molecular weight is 615 g/mol. The van der Waals surface area contributed by atoms with Crippen LogP contribution in [0.25, 0.3) is 45.0 Å². The third-order valence-corrected chi connectivity index (χ3v) is 8.33. The number of hydrogen-bond donors (Lipinski definition) is 0. The summed E-state index contributed by atoms with van der Waals surface area (Å²) in [6.45, 7) is 0. The lowest BCUT2D eigenvalue weighted by Crippen LogP contribution is -2.78. The van der Waals surface area contributed by atoms with Crippen molar-refractivity contribution in [2.24, 2.45) is 0 Å². The van der Waals surface area contributed by atoms with Gasteiger partial charge in [0.05, 0.1) is 0 Å². The minimum atomic E-state index is -0.853. The number of aromatic nitrogens is 3. The van der Waals surface area contributed by atoms with Crippen molar-refractivity contribution in [1.82, 2.24) is 15.0 Å². The van der Waals surface area contributed by atoms with Gasteiger partial charge in [0.2, 0.25) is 5.28 Å². The lowest BCUT2D eigenvalue weighted by atomic mass is 8.41. The maximum atomic E-state index is 6.30. The topological polar surface area (TPSA) is 38.7 Å². The van der Waals surface area contributed by atoms with E-state index in [0.29, 0.717) is 11.6 Å². The van der Waals surface area contributed by atoms with E-state index in [1.807, 2.05) is 66.7 Å². The van der Waals surface area contributed by atoms with E-state index in [1.54, 1.807) is 0 Å². The van der Waals surface area contributed by atoms with Crippen LogP contribution in [0.2, 0.25) is 5.28 Å². The monoisotopic (exact) mass is 617 g/mol. The lowest BCUT2D eigenvalue weighted by molar-refractivity contribution is 1.07. The van der Waals surface area contributed by atoms with E-state index in [1.165, 1.54) is 0 Å². The Balaban J connectivity index is 0.000000259. The first-order chi connectivity index (χ1) is 23.4. The summed E-state index contributed by atoms with van der Waals surface area (Å²) >= 11 is 6.30. The number of halogens is 1. The molecule has 202 valence electrons. The van der Waals surface area contributed by atoms with Crippen LogP contribution in [-0.2, 0) is 0 Å². The Morgan fingerprint density at radius 3 is 1.00 bits per heavy atom. The van der Waals surface area contributed by atoms with Gasteiger partial charge >= 0.3 is 0 Å². The van der Waals surface area contributed by atoms with E-state index in [-0.39, 0.29) is 5.28 Å². The molecule has 0 unspecified atom stereocenters. The van der Waals surface area contributed by atoms with Crippen LogP contribution in [0.5, 0.6) is 0 Å². The molecule has 0 spiro atoms. The molecule has 0 N–H and O–H groups in total. The van der Waals surface area contributed by atoms with Crippen molar-refractivity contribution in [1.29, 1.82) is 0 Å². The minimum absolute atomic E-state index is 0.176. The molecule has 0 aliphatic heterocycles. The highest BCUT2D eigenvalue weighted by Crippen LogP contribution is 2.32. The predicted molar refractivity (Wildman–Crippen MR) is 230 cm³/mol. The first kappa shape index (κ1) is 39.1. The largest absolute Gasteiger partial charge is 0.226 e. The molecule has 0 saturated heterocycles. The molecule has 0 saturated carbocycles. The first-order valence-corrected chi connectivity index (χ1v) is 16.0. The van der Waals surface area contributed by atoms with Crippen LogP contribution in [0.1, 0.15) is 0 Å². The molecule has 22 heteroatoms. The maximum Gasteiger partial charge on any atom is 0.226 e. The van der Waals surface area contributed by atoms with Gasteiger partial charge in [-0.15, -0.1) is 0 Å². The fourth-order valence-electron chi connectivity index (χ4n) is 5.86. The van der Waals surface area contributed by atoms with Gasteiger partial charge in [-0.2, -0.15) is 9.97 Å². The van der Waals surface area contributed by atoms with Gasteiger partial charge in [0.1, 0.15) is 0 Å². The smallest absolute Gasteiger partial charge is 0.208 e. The number of hydrogen-bond acceptors (Lipinski definition) is 3. The van der Waals surface area contributed by atoms with E-state index in [2.05, 4.69) is 52.4 Å². The minimum Gasteiger partial charge on any atom is -0.208 e. The second-order valence-electron chi connectivity index (χ2n) is 11.8. The van der Waals surface area contributed by atoms with Crippen molar-refractivity contribution in [3.63, 3.8) is 0 Å². The molecule has 1 heterocycles.